The third-order valence-electron chi connectivity index (χ3n) is 7.01. The summed E-state index contributed by atoms with van der Waals surface area (Å²) in [5.74, 6) is 0.490. The Morgan fingerprint density at radius 2 is 1.71 bits per heavy atom. The molecule has 1 saturated carbocycles. The molecule has 1 aliphatic carbocycles. The van der Waals surface area contributed by atoms with Crippen LogP contribution in [0.1, 0.15) is 43.4 Å². The van der Waals surface area contributed by atoms with Gasteiger partial charge >= 0.3 is 6.18 Å². The van der Waals surface area contributed by atoms with Crippen LogP contribution in [0.5, 0.6) is 0 Å². The molecule has 4 rings (SSSR count). The van der Waals surface area contributed by atoms with E-state index in [9.17, 15) is 31.8 Å². The van der Waals surface area contributed by atoms with Crippen LogP contribution < -0.4 is 0 Å². The first-order valence-corrected chi connectivity index (χ1v) is 13.1. The molecule has 35 heavy (non-hydrogen) atoms. The number of nitrogens with zero attached hydrogens (tertiary/aromatic N) is 3. The summed E-state index contributed by atoms with van der Waals surface area (Å²) in [5.41, 5.74) is -2.40. The van der Waals surface area contributed by atoms with Gasteiger partial charge in [0.1, 0.15) is 0 Å². The number of aromatic nitrogens is 1. The summed E-state index contributed by atoms with van der Waals surface area (Å²) in [6.45, 7) is 1.56. The summed E-state index contributed by atoms with van der Waals surface area (Å²) >= 11 is 0. The lowest BCUT2D eigenvalue weighted by Gasteiger charge is -2.44. The quantitative estimate of drug-likeness (QED) is 0.564. The fraction of sp³-hybridized carbons (Fsp3) is 0.542. The van der Waals surface area contributed by atoms with Crippen molar-refractivity contribution in [2.24, 2.45) is 5.92 Å². The van der Waals surface area contributed by atoms with Crippen molar-refractivity contribution in [2.75, 3.05) is 26.2 Å². The molecule has 3 atom stereocenters. The van der Waals surface area contributed by atoms with E-state index < -0.39 is 33.4 Å². The number of sulfonamides is 1. The molecule has 0 spiro atoms. The van der Waals surface area contributed by atoms with Gasteiger partial charge in [-0.1, -0.05) is 12.1 Å². The third-order valence-corrected chi connectivity index (χ3v) is 8.97. The predicted molar refractivity (Wildman–Crippen MR) is 123 cm³/mol. The van der Waals surface area contributed by atoms with E-state index >= 15 is 0 Å². The largest absolute Gasteiger partial charge is 0.421 e. The lowest BCUT2D eigenvalue weighted by Crippen LogP contribution is -2.56. The van der Waals surface area contributed by atoms with Gasteiger partial charge in [0.2, 0.25) is 10.0 Å². The molecule has 2 heterocycles. The Morgan fingerprint density at radius 3 is 2.26 bits per heavy atom. The average Bonchev–Trinajstić information content (AvgIpc) is 3.65. The third kappa shape index (κ3) is 5.24. The minimum Gasteiger partial charge on any atom is -0.396 e. The van der Waals surface area contributed by atoms with Crippen molar-refractivity contribution in [3.63, 3.8) is 0 Å². The van der Waals surface area contributed by atoms with Crippen molar-refractivity contribution in [3.05, 3.63) is 59.9 Å². The van der Waals surface area contributed by atoms with Gasteiger partial charge in [0.25, 0.3) is 0 Å². The Balaban J connectivity index is 1.56. The molecule has 1 aliphatic heterocycles. The number of aliphatic hydroxyl groups excluding tert-OH is 1. The summed E-state index contributed by atoms with van der Waals surface area (Å²) in [6, 6.07) is 7.78. The normalized spacial score (nSPS) is 23.1. The maximum absolute atomic E-state index is 13.5. The van der Waals surface area contributed by atoms with Crippen LogP contribution in [0.3, 0.4) is 0 Å². The number of pyridine rings is 1. The summed E-state index contributed by atoms with van der Waals surface area (Å²) < 4.78 is 67.7. The smallest absolute Gasteiger partial charge is 0.396 e. The first kappa shape index (κ1) is 26.0. The van der Waals surface area contributed by atoms with E-state index in [1.54, 1.807) is 12.4 Å². The van der Waals surface area contributed by atoms with E-state index in [-0.39, 0.29) is 30.5 Å². The Kier molecular flexibility index (Phi) is 7.27. The van der Waals surface area contributed by atoms with Gasteiger partial charge in [-0.2, -0.15) is 17.5 Å². The number of alkyl halides is 3. The van der Waals surface area contributed by atoms with E-state index in [1.165, 1.54) is 4.31 Å². The number of hydrogen-bond donors (Lipinski definition) is 2. The SMILES string of the molecule is CC(O)(c1ccc(S(=O)(=O)N2CCN(C(c3ccncc3)C3CC3)CC2CCO)cc1)C(F)(F)F. The summed E-state index contributed by atoms with van der Waals surface area (Å²) in [6.07, 6.45) is 1.04. The molecule has 0 bridgehead atoms. The van der Waals surface area contributed by atoms with Crippen LogP contribution in [-0.2, 0) is 15.6 Å². The molecule has 1 saturated heterocycles. The monoisotopic (exact) mass is 513 g/mol. The first-order chi connectivity index (χ1) is 16.5. The molecule has 3 unspecified atom stereocenters. The van der Waals surface area contributed by atoms with Crippen LogP contribution in [0, 0.1) is 5.92 Å². The number of halogens is 3. The van der Waals surface area contributed by atoms with E-state index in [0.717, 1.165) is 42.7 Å². The average molecular weight is 514 g/mol. The van der Waals surface area contributed by atoms with Crippen LogP contribution in [0.4, 0.5) is 13.2 Å². The van der Waals surface area contributed by atoms with Crippen LogP contribution in [0.15, 0.2) is 53.7 Å². The molecule has 2 aliphatic rings. The second-order valence-corrected chi connectivity index (χ2v) is 11.3. The highest BCUT2D eigenvalue weighted by Crippen LogP contribution is 2.45. The molecule has 0 amide bonds. The lowest BCUT2D eigenvalue weighted by atomic mass is 9.96. The lowest BCUT2D eigenvalue weighted by molar-refractivity contribution is -0.258. The number of benzene rings is 1. The molecule has 7 nitrogen and oxygen atoms in total. The zero-order valence-electron chi connectivity index (χ0n) is 19.4. The highest BCUT2D eigenvalue weighted by molar-refractivity contribution is 7.89. The molecule has 2 fully saturated rings. The molecule has 1 aromatic heterocycles. The van der Waals surface area contributed by atoms with Crippen molar-refractivity contribution < 1.29 is 31.8 Å². The van der Waals surface area contributed by atoms with E-state index in [4.69, 9.17) is 0 Å². The molecule has 1 aromatic carbocycles. The highest BCUT2D eigenvalue weighted by Gasteiger charge is 2.51. The fourth-order valence-corrected chi connectivity index (χ4v) is 6.46. The van der Waals surface area contributed by atoms with Crippen LogP contribution in [0.25, 0.3) is 0 Å². The zero-order valence-corrected chi connectivity index (χ0v) is 20.2. The molecule has 11 heteroatoms. The second kappa shape index (κ2) is 9.78. The topological polar surface area (TPSA) is 94.0 Å². The molecule has 2 N–H and O–H groups in total. The van der Waals surface area contributed by atoms with Gasteiger partial charge in [-0.15, -0.1) is 0 Å². The predicted octanol–water partition coefficient (Wildman–Crippen LogP) is 3.06. The molecule has 192 valence electrons. The Bertz CT molecular complexity index is 1110. The minimum absolute atomic E-state index is 0.146. The molecule has 2 aromatic rings. The first-order valence-electron chi connectivity index (χ1n) is 11.6. The maximum atomic E-state index is 13.5. The van der Waals surface area contributed by atoms with Gasteiger partial charge in [-0.05, 0) is 67.5 Å². The van der Waals surface area contributed by atoms with Crippen molar-refractivity contribution >= 4 is 10.0 Å². The van der Waals surface area contributed by atoms with Gasteiger partial charge in [0.05, 0.1) is 4.90 Å². The Hall–Kier alpha value is -2.05. The van der Waals surface area contributed by atoms with E-state index in [1.807, 2.05) is 12.1 Å². The standard InChI is InChI=1S/C24H30F3N3O4S/c1-23(32,24(25,26)27)19-4-6-21(7-5-19)35(33,34)30-14-13-29(16-20(30)10-15-31)22(17-2-3-17)18-8-11-28-12-9-18/h4-9,11-12,17,20,22,31-32H,2-3,10,13-16H2,1H3. The van der Waals surface area contributed by atoms with Crippen LogP contribution in [-0.4, -0.2) is 71.3 Å². The Labute approximate surface area is 203 Å². The zero-order chi connectivity index (χ0) is 25.4. The molecular formula is C24H30F3N3O4S. The highest BCUT2D eigenvalue weighted by atomic mass is 32.2. The summed E-state index contributed by atoms with van der Waals surface area (Å²) in [4.78, 5) is 6.21. The van der Waals surface area contributed by atoms with E-state index in [0.29, 0.717) is 25.9 Å². The number of piperazine rings is 1. The van der Waals surface area contributed by atoms with Crippen molar-refractivity contribution in [1.82, 2.24) is 14.2 Å². The maximum Gasteiger partial charge on any atom is 0.421 e. The van der Waals surface area contributed by atoms with Crippen molar-refractivity contribution in [3.8, 4) is 0 Å². The van der Waals surface area contributed by atoms with Gasteiger partial charge < -0.3 is 10.2 Å². The second-order valence-electron chi connectivity index (χ2n) is 9.43. The van der Waals surface area contributed by atoms with Gasteiger partial charge in [-0.25, -0.2) is 8.42 Å². The van der Waals surface area contributed by atoms with E-state index in [2.05, 4.69) is 9.88 Å². The fourth-order valence-electron chi connectivity index (χ4n) is 4.82. The number of hydrogen-bond acceptors (Lipinski definition) is 6. The minimum atomic E-state index is -4.90. The van der Waals surface area contributed by atoms with Crippen molar-refractivity contribution in [1.29, 1.82) is 0 Å². The van der Waals surface area contributed by atoms with Gasteiger partial charge in [0, 0.05) is 50.7 Å². The number of rotatable bonds is 8. The summed E-state index contributed by atoms with van der Waals surface area (Å²) in [5, 5.41) is 19.5. The van der Waals surface area contributed by atoms with Gasteiger partial charge in [0.15, 0.2) is 5.60 Å². The van der Waals surface area contributed by atoms with Gasteiger partial charge in [-0.3, -0.25) is 9.88 Å². The number of aliphatic hydroxyl groups is 2. The Morgan fingerprint density at radius 1 is 1.09 bits per heavy atom. The van der Waals surface area contributed by atoms with Crippen LogP contribution in [0.2, 0.25) is 0 Å². The molecular weight excluding hydrogens is 483 g/mol. The summed E-state index contributed by atoms with van der Waals surface area (Å²) in [7, 11) is -4.03. The molecule has 0 radical (unpaired) electrons. The van der Waals surface area contributed by atoms with Crippen molar-refractivity contribution in [2.45, 2.75) is 54.9 Å². The van der Waals surface area contributed by atoms with Crippen LogP contribution >= 0.6 is 0 Å².